The molecule has 2 N–H and O–H groups in total. The normalized spacial score (nSPS) is 23.3. The third kappa shape index (κ3) is 4.60. The van der Waals surface area contributed by atoms with Crippen LogP contribution in [0.25, 0.3) is 0 Å². The van der Waals surface area contributed by atoms with Crippen LogP contribution in [0, 0.1) is 12.7 Å². The summed E-state index contributed by atoms with van der Waals surface area (Å²) >= 11 is 0. The Bertz CT molecular complexity index is 1450. The van der Waals surface area contributed by atoms with Gasteiger partial charge in [-0.25, -0.2) is 26.3 Å². The van der Waals surface area contributed by atoms with Crippen LogP contribution in [0.3, 0.4) is 0 Å². The number of sulfonamides is 1. The molecule has 3 aliphatic heterocycles. The first-order chi connectivity index (χ1) is 17.8. The van der Waals surface area contributed by atoms with Gasteiger partial charge >= 0.3 is 11.8 Å². The van der Waals surface area contributed by atoms with Gasteiger partial charge in [-0.15, -0.1) is 0 Å². The second-order valence-electron chi connectivity index (χ2n) is 9.64. The Morgan fingerprint density at radius 3 is 2.50 bits per heavy atom. The van der Waals surface area contributed by atoms with Crippen molar-refractivity contribution in [2.75, 3.05) is 31.5 Å². The quantitative estimate of drug-likeness (QED) is 0.529. The van der Waals surface area contributed by atoms with Crippen molar-refractivity contribution in [1.29, 1.82) is 0 Å². The molecule has 5 rings (SSSR count). The van der Waals surface area contributed by atoms with Gasteiger partial charge in [0.15, 0.2) is 11.4 Å². The molecule has 0 bridgehead atoms. The number of ether oxygens (including phenoxy) is 1. The van der Waals surface area contributed by atoms with Gasteiger partial charge < -0.3 is 24.4 Å². The van der Waals surface area contributed by atoms with Gasteiger partial charge in [-0.2, -0.15) is 0 Å². The molecule has 2 atom stereocenters. The molecule has 1 aromatic heterocycles. The van der Waals surface area contributed by atoms with E-state index < -0.39 is 64.7 Å². The third-order valence-corrected chi connectivity index (χ3v) is 8.23. The average molecular weight is 556 g/mol. The molecule has 0 unspecified atom stereocenters. The lowest BCUT2D eigenvalue weighted by molar-refractivity contribution is -0.174. The summed E-state index contributed by atoms with van der Waals surface area (Å²) in [5.74, 6) is -6.42. The SMILES string of the molecule is Cc1cc(NC(=O)c2c3c(cn2C)S(=O)(=O)N[C@@H]2CN(C(=O)C(=O)N4CC(F)(F)C4)CC[C@H]2O3)ccc1F. The zero-order chi connectivity index (χ0) is 27.6. The Kier molecular flexibility index (Phi) is 6.17. The molecular formula is C23H24F3N5O6S. The zero-order valence-corrected chi connectivity index (χ0v) is 21.1. The molecule has 0 radical (unpaired) electrons. The summed E-state index contributed by atoms with van der Waals surface area (Å²) in [6, 6.07) is 3.03. The van der Waals surface area contributed by atoms with Crippen molar-refractivity contribution in [2.24, 2.45) is 7.05 Å². The largest absolute Gasteiger partial charge is 0.485 e. The highest BCUT2D eigenvalue weighted by Gasteiger charge is 2.49. The van der Waals surface area contributed by atoms with E-state index in [1.807, 2.05) is 0 Å². The lowest BCUT2D eigenvalue weighted by atomic mass is 10.0. The molecule has 204 valence electrons. The number of carbonyl (C=O) groups is 3. The molecule has 2 aromatic rings. The molecule has 1 aromatic carbocycles. The molecular weight excluding hydrogens is 531 g/mol. The van der Waals surface area contributed by atoms with Crippen LogP contribution in [0.5, 0.6) is 5.75 Å². The highest BCUT2D eigenvalue weighted by Crippen LogP contribution is 2.36. The predicted octanol–water partition coefficient (Wildman–Crippen LogP) is 0.843. The highest BCUT2D eigenvalue weighted by molar-refractivity contribution is 7.89. The summed E-state index contributed by atoms with van der Waals surface area (Å²) in [6.45, 7) is -0.372. The minimum atomic E-state index is -4.22. The lowest BCUT2D eigenvalue weighted by Gasteiger charge is -2.41. The highest BCUT2D eigenvalue weighted by atomic mass is 32.2. The predicted molar refractivity (Wildman–Crippen MR) is 126 cm³/mol. The molecule has 38 heavy (non-hydrogen) atoms. The molecule has 3 amide bonds. The number of aryl methyl sites for hydroxylation is 2. The summed E-state index contributed by atoms with van der Waals surface area (Å²) in [7, 11) is -2.75. The fourth-order valence-electron chi connectivity index (χ4n) is 4.77. The molecule has 11 nitrogen and oxygen atoms in total. The van der Waals surface area contributed by atoms with Crippen molar-refractivity contribution in [3.63, 3.8) is 0 Å². The van der Waals surface area contributed by atoms with E-state index in [-0.39, 0.29) is 35.8 Å². The Balaban J connectivity index is 1.36. The summed E-state index contributed by atoms with van der Waals surface area (Å²) in [6.07, 6.45) is 0.533. The standard InChI is InChI=1S/C23H24F3N5O6S/c1-12-7-13(3-4-14(12)24)27-20(32)18-19-17(9-29(18)2)38(35,36)28-15-8-30(6-5-16(15)37-19)21(33)22(34)31-10-23(25,26)11-31/h3-4,7,9,15-16,28H,5-6,8,10-11H2,1-2H3,(H,27,32)/t15-,16-/m1/s1. The first-order valence-corrected chi connectivity index (χ1v) is 13.2. The van der Waals surface area contributed by atoms with Crippen LogP contribution in [-0.2, 0) is 26.7 Å². The molecule has 3 aliphatic rings. The Morgan fingerprint density at radius 1 is 1.16 bits per heavy atom. The average Bonchev–Trinajstić information content (AvgIpc) is 3.11. The van der Waals surface area contributed by atoms with Gasteiger partial charge in [0.05, 0.1) is 19.1 Å². The van der Waals surface area contributed by atoms with Crippen molar-refractivity contribution >= 4 is 33.4 Å². The van der Waals surface area contributed by atoms with E-state index in [0.29, 0.717) is 11.3 Å². The van der Waals surface area contributed by atoms with Crippen molar-refractivity contribution in [1.82, 2.24) is 19.1 Å². The molecule has 2 fully saturated rings. The van der Waals surface area contributed by atoms with E-state index in [1.165, 1.54) is 42.9 Å². The van der Waals surface area contributed by atoms with E-state index in [1.54, 1.807) is 0 Å². The van der Waals surface area contributed by atoms with Gasteiger partial charge in [0.25, 0.3) is 11.8 Å². The number of aromatic nitrogens is 1. The fraction of sp³-hybridized carbons (Fsp3) is 0.435. The van der Waals surface area contributed by atoms with Crippen LogP contribution in [-0.4, -0.2) is 84.8 Å². The third-order valence-electron chi connectivity index (χ3n) is 6.75. The maximum absolute atomic E-state index is 13.6. The number of nitrogens with zero attached hydrogens (tertiary/aromatic N) is 3. The number of hydrogen-bond acceptors (Lipinski definition) is 6. The summed E-state index contributed by atoms with van der Waals surface area (Å²) in [5.41, 5.74) is 0.523. The number of anilines is 1. The molecule has 15 heteroatoms. The Labute approximate surface area is 215 Å². The Morgan fingerprint density at radius 2 is 1.84 bits per heavy atom. The number of halogens is 3. The van der Waals surface area contributed by atoms with Crippen molar-refractivity contribution < 1.29 is 40.7 Å². The lowest BCUT2D eigenvalue weighted by Crippen LogP contribution is -2.64. The van der Waals surface area contributed by atoms with Crippen LogP contribution < -0.4 is 14.8 Å². The van der Waals surface area contributed by atoms with Gasteiger partial charge in [0, 0.05) is 38.4 Å². The van der Waals surface area contributed by atoms with Crippen molar-refractivity contribution in [3.05, 3.63) is 41.5 Å². The zero-order valence-electron chi connectivity index (χ0n) is 20.3. The maximum atomic E-state index is 13.6. The first kappa shape index (κ1) is 26.0. The van der Waals surface area contributed by atoms with E-state index in [0.717, 1.165) is 9.80 Å². The Hall–Kier alpha value is -3.59. The van der Waals surface area contributed by atoms with Crippen molar-refractivity contribution in [3.8, 4) is 5.75 Å². The number of likely N-dealkylation sites (tertiary alicyclic amines) is 2. The number of nitrogens with one attached hydrogen (secondary N) is 2. The summed E-state index contributed by atoms with van der Waals surface area (Å²) in [4.78, 5) is 39.6. The number of piperidine rings is 1. The summed E-state index contributed by atoms with van der Waals surface area (Å²) in [5, 5.41) is 2.61. The smallest absolute Gasteiger partial charge is 0.312 e. The van der Waals surface area contributed by atoms with Crippen molar-refractivity contribution in [2.45, 2.75) is 36.3 Å². The number of fused-ring (bicyclic) bond motifs is 2. The van der Waals surface area contributed by atoms with Crippen LogP contribution in [0.4, 0.5) is 18.9 Å². The van der Waals surface area contributed by atoms with E-state index >= 15 is 0 Å². The van der Waals surface area contributed by atoms with Gasteiger partial charge in [-0.3, -0.25) is 14.4 Å². The number of alkyl halides is 2. The van der Waals surface area contributed by atoms with Gasteiger partial charge in [-0.05, 0) is 30.7 Å². The molecule has 4 heterocycles. The molecule has 2 saturated heterocycles. The van der Waals surface area contributed by atoms with Crippen LogP contribution in [0.2, 0.25) is 0 Å². The van der Waals surface area contributed by atoms with Gasteiger partial charge in [0.2, 0.25) is 10.0 Å². The number of hydrogen-bond donors (Lipinski definition) is 2. The van der Waals surface area contributed by atoms with Crippen LogP contribution in [0.15, 0.2) is 29.3 Å². The molecule has 0 saturated carbocycles. The second kappa shape index (κ2) is 9.01. The molecule has 0 aliphatic carbocycles. The van der Waals surface area contributed by atoms with Crippen LogP contribution >= 0.6 is 0 Å². The first-order valence-electron chi connectivity index (χ1n) is 11.7. The maximum Gasteiger partial charge on any atom is 0.312 e. The van der Waals surface area contributed by atoms with E-state index in [2.05, 4.69) is 10.0 Å². The minimum Gasteiger partial charge on any atom is -0.485 e. The second-order valence-corrected chi connectivity index (χ2v) is 11.3. The fourth-order valence-corrected chi connectivity index (χ4v) is 6.20. The number of rotatable bonds is 2. The molecule has 0 spiro atoms. The van der Waals surface area contributed by atoms with E-state index in [9.17, 15) is 36.0 Å². The van der Waals surface area contributed by atoms with Gasteiger partial charge in [0.1, 0.15) is 16.8 Å². The van der Waals surface area contributed by atoms with E-state index in [4.69, 9.17) is 4.74 Å². The number of carbonyl (C=O) groups excluding carboxylic acids is 3. The topological polar surface area (TPSA) is 130 Å². The summed E-state index contributed by atoms with van der Waals surface area (Å²) < 4.78 is 76.0. The number of amides is 3. The monoisotopic (exact) mass is 555 g/mol. The van der Waals surface area contributed by atoms with Gasteiger partial charge in [-0.1, -0.05) is 0 Å². The van der Waals surface area contributed by atoms with Crippen LogP contribution in [0.1, 0.15) is 22.5 Å². The number of benzene rings is 1. The minimum absolute atomic E-state index is 0.0102.